The zero-order valence-corrected chi connectivity index (χ0v) is 26.9. The molecule has 2 amide bonds. The summed E-state index contributed by atoms with van der Waals surface area (Å²) < 4.78 is 104. The van der Waals surface area contributed by atoms with E-state index in [9.17, 15) is 48.5 Å². The van der Waals surface area contributed by atoms with Crippen LogP contribution in [0.3, 0.4) is 0 Å². The monoisotopic (exact) mass is 736 g/mol. The van der Waals surface area contributed by atoms with E-state index >= 15 is 0 Å². The smallest absolute Gasteiger partial charge is 0.295 e. The first-order chi connectivity index (χ1) is 22.4. The fraction of sp³-hybridized carbons (Fsp3) is 0. The van der Waals surface area contributed by atoms with Crippen LogP contribution in [0.4, 0.5) is 11.4 Å². The highest BCUT2D eigenvalue weighted by molar-refractivity contribution is 7.94. The Morgan fingerprint density at radius 1 is 0.583 bits per heavy atom. The molecule has 0 radical (unpaired) electrons. The second kappa shape index (κ2) is 13.2. The lowest BCUT2D eigenvalue weighted by molar-refractivity contribution is -0.432. The summed E-state index contributed by atoms with van der Waals surface area (Å²) in [6.45, 7) is 0. The van der Waals surface area contributed by atoms with E-state index in [4.69, 9.17) is 5.26 Å². The number of hydrogen-bond donors (Lipinski definition) is 6. The van der Waals surface area contributed by atoms with Gasteiger partial charge < -0.3 is 10.6 Å². The molecule has 0 saturated carbocycles. The van der Waals surface area contributed by atoms with Crippen LogP contribution < -0.4 is 10.6 Å². The molecule has 0 aliphatic heterocycles. The number of carbonyl (C=O) groups excluding carboxylic acids is 2. The summed E-state index contributed by atoms with van der Waals surface area (Å²) in [5, 5.41) is 17.3. The summed E-state index contributed by atoms with van der Waals surface area (Å²) in [6.07, 6.45) is 0. The zero-order valence-electron chi connectivity index (χ0n) is 23.6. The van der Waals surface area contributed by atoms with Crippen molar-refractivity contribution in [3.63, 3.8) is 0 Å². The first-order valence-corrected chi connectivity index (χ1v) is 18.0. The van der Waals surface area contributed by atoms with Gasteiger partial charge in [0, 0.05) is 38.2 Å². The van der Waals surface area contributed by atoms with Gasteiger partial charge in [-0.05, 0) is 83.6 Å². The van der Waals surface area contributed by atoms with E-state index in [1.54, 1.807) is 0 Å². The minimum atomic E-state index is -4.95. The SMILES string of the molecule is O=C(Nc1ccc2cc(SOOO)cc(S(=O)(=O)O)c2c1)c1ccc(C(=O)Nc2ccc3cc(S(=O)(=O)O)cc(S(=O)(=O)O)c3c2)cc1. The summed E-state index contributed by atoms with van der Waals surface area (Å²) >= 11 is 0.481. The summed E-state index contributed by atoms with van der Waals surface area (Å²) in [7, 11) is -14.5. The van der Waals surface area contributed by atoms with Gasteiger partial charge in [0.15, 0.2) is 0 Å². The molecule has 0 bridgehead atoms. The van der Waals surface area contributed by atoms with Gasteiger partial charge in [-0.1, -0.05) is 17.2 Å². The average Bonchev–Trinajstić information content (AvgIpc) is 3.01. The van der Waals surface area contributed by atoms with Gasteiger partial charge in [0.25, 0.3) is 42.2 Å². The van der Waals surface area contributed by atoms with Gasteiger partial charge in [0.05, 0.1) is 16.9 Å². The van der Waals surface area contributed by atoms with Gasteiger partial charge in [-0.2, -0.15) is 25.3 Å². The Morgan fingerprint density at radius 3 is 1.48 bits per heavy atom. The molecule has 5 aromatic carbocycles. The lowest BCUT2D eigenvalue weighted by Crippen LogP contribution is -2.14. The third-order valence-electron chi connectivity index (χ3n) is 6.72. The molecule has 0 fully saturated rings. The molecule has 0 heterocycles. The van der Waals surface area contributed by atoms with Crippen LogP contribution in [0.25, 0.3) is 21.5 Å². The maximum absolute atomic E-state index is 12.9. The summed E-state index contributed by atoms with van der Waals surface area (Å²) in [6, 6.07) is 17.4. The van der Waals surface area contributed by atoms with Crippen molar-refractivity contribution in [1.82, 2.24) is 0 Å². The van der Waals surface area contributed by atoms with E-state index < -0.39 is 56.9 Å². The van der Waals surface area contributed by atoms with Gasteiger partial charge in [-0.3, -0.25) is 23.2 Å². The molecule has 48 heavy (non-hydrogen) atoms. The minimum absolute atomic E-state index is 0.0261. The molecule has 5 rings (SSSR count). The third kappa shape index (κ3) is 7.79. The van der Waals surface area contributed by atoms with Crippen molar-refractivity contribution < 1.29 is 63.1 Å². The van der Waals surface area contributed by atoms with Gasteiger partial charge in [-0.25, -0.2) is 5.26 Å². The Bertz CT molecular complexity index is 2450. The van der Waals surface area contributed by atoms with Crippen LogP contribution in [0.15, 0.2) is 105 Å². The average molecular weight is 737 g/mol. The summed E-state index contributed by atoms with van der Waals surface area (Å²) in [5.74, 6) is -1.31. The molecule has 6 N–H and O–H groups in total. The Kier molecular flexibility index (Phi) is 9.58. The maximum atomic E-state index is 12.9. The fourth-order valence-corrected chi connectivity index (χ4v) is 7.21. The van der Waals surface area contributed by atoms with Crippen LogP contribution in [-0.4, -0.2) is 56.0 Å². The van der Waals surface area contributed by atoms with E-state index in [0.717, 1.165) is 12.1 Å². The second-order valence-corrected chi connectivity index (χ2v) is 14.8. The van der Waals surface area contributed by atoms with Gasteiger partial charge in [0.2, 0.25) is 0 Å². The molecule has 16 nitrogen and oxygen atoms in total. The van der Waals surface area contributed by atoms with Crippen molar-refractivity contribution in [2.75, 3.05) is 10.6 Å². The predicted molar refractivity (Wildman–Crippen MR) is 170 cm³/mol. The molecule has 0 unspecified atom stereocenters. The maximum Gasteiger partial charge on any atom is 0.295 e. The Labute approximate surface area is 275 Å². The van der Waals surface area contributed by atoms with Crippen molar-refractivity contribution >= 4 is 87.1 Å². The zero-order chi connectivity index (χ0) is 35.0. The molecule has 0 saturated heterocycles. The second-order valence-electron chi connectivity index (χ2n) is 9.85. The fourth-order valence-electron chi connectivity index (χ4n) is 4.61. The molecule has 0 aliphatic rings. The number of fused-ring (bicyclic) bond motifs is 2. The van der Waals surface area contributed by atoms with E-state index in [0.29, 0.717) is 23.5 Å². The van der Waals surface area contributed by atoms with E-state index in [1.807, 2.05) is 0 Å². The summed E-state index contributed by atoms with van der Waals surface area (Å²) in [5.41, 5.74) is 0.419. The number of rotatable bonds is 10. The topological polar surface area (TPSA) is 260 Å². The summed E-state index contributed by atoms with van der Waals surface area (Å²) in [4.78, 5) is 24.0. The number of anilines is 2. The lowest BCUT2D eigenvalue weighted by atomic mass is 10.1. The van der Waals surface area contributed by atoms with Crippen molar-refractivity contribution in [2.45, 2.75) is 19.6 Å². The Hall–Kier alpha value is -4.48. The van der Waals surface area contributed by atoms with E-state index in [1.165, 1.54) is 66.7 Å². The number of nitrogens with one attached hydrogen (secondary N) is 2. The molecule has 20 heteroatoms. The molecule has 0 atom stereocenters. The Morgan fingerprint density at radius 2 is 1.04 bits per heavy atom. The number of amides is 2. The number of benzene rings is 5. The van der Waals surface area contributed by atoms with Crippen LogP contribution >= 0.6 is 12.0 Å². The van der Waals surface area contributed by atoms with Crippen molar-refractivity contribution in [1.29, 1.82) is 0 Å². The third-order valence-corrected chi connectivity index (χ3v) is 9.89. The Balaban J connectivity index is 1.35. The first-order valence-electron chi connectivity index (χ1n) is 12.9. The van der Waals surface area contributed by atoms with E-state index in [2.05, 4.69) is 20.0 Å². The van der Waals surface area contributed by atoms with Crippen molar-refractivity contribution in [3.8, 4) is 0 Å². The van der Waals surface area contributed by atoms with Crippen molar-refractivity contribution in [2.24, 2.45) is 0 Å². The first kappa shape index (κ1) is 34.8. The standard InChI is InChI=1S/C28H20N2O14S4/c31-27(29-19-7-5-17-9-21(45-44-43-33)13-25(23(17)11-19)47(37,38)39)15-1-3-16(4-2-15)28(32)30-20-8-6-18-10-22(46(34,35)36)14-26(24(18)12-20)48(40,41)42/h1-14,33H,(H,29,31)(H,30,32)(H,34,35,36)(H,37,38,39)(H,40,41,42). The molecule has 0 aromatic heterocycles. The van der Waals surface area contributed by atoms with Crippen LogP contribution in [0.5, 0.6) is 0 Å². The molecular weight excluding hydrogens is 717 g/mol. The molecule has 5 aromatic rings. The van der Waals surface area contributed by atoms with Crippen LogP contribution in [0.1, 0.15) is 20.7 Å². The molecular formula is C28H20N2O14S4. The van der Waals surface area contributed by atoms with E-state index in [-0.39, 0.29) is 43.6 Å². The van der Waals surface area contributed by atoms with Crippen LogP contribution in [-0.2, 0) is 39.7 Å². The predicted octanol–water partition coefficient (Wildman–Crippen LogP) is 4.67. The molecule has 0 spiro atoms. The number of carbonyl (C=O) groups is 2. The van der Waals surface area contributed by atoms with Gasteiger partial charge in [-0.15, -0.1) is 4.33 Å². The normalized spacial score (nSPS) is 12.2. The van der Waals surface area contributed by atoms with Crippen LogP contribution in [0.2, 0.25) is 0 Å². The quantitative estimate of drug-likeness (QED) is 0.0493. The highest BCUT2D eigenvalue weighted by Gasteiger charge is 2.22. The molecule has 250 valence electrons. The highest BCUT2D eigenvalue weighted by atomic mass is 32.2. The number of hydrogen-bond acceptors (Lipinski definition) is 12. The lowest BCUT2D eigenvalue weighted by Gasteiger charge is -2.11. The molecule has 0 aliphatic carbocycles. The van der Waals surface area contributed by atoms with Crippen LogP contribution in [0, 0.1) is 0 Å². The van der Waals surface area contributed by atoms with Crippen molar-refractivity contribution in [3.05, 3.63) is 96.1 Å². The van der Waals surface area contributed by atoms with Gasteiger partial charge >= 0.3 is 0 Å². The largest absolute Gasteiger partial charge is 0.322 e. The minimum Gasteiger partial charge on any atom is -0.322 e. The highest BCUT2D eigenvalue weighted by Crippen LogP contribution is 2.33. The van der Waals surface area contributed by atoms with Gasteiger partial charge in [0.1, 0.15) is 9.79 Å².